The monoisotopic (exact) mass is 591 g/mol. The molecule has 206 valence electrons. The van der Waals surface area contributed by atoms with Crippen molar-refractivity contribution < 1.29 is 16.4 Å². The van der Waals surface area contributed by atoms with Gasteiger partial charge in [-0.25, -0.2) is 9.97 Å². The summed E-state index contributed by atoms with van der Waals surface area (Å²) in [7, 11) is 0. The Hall–Kier alpha value is -5.58. The summed E-state index contributed by atoms with van der Waals surface area (Å²) in [5.41, 5.74) is 0.842. The van der Waals surface area contributed by atoms with Crippen LogP contribution in [0.4, 0.5) is 0 Å². The van der Waals surface area contributed by atoms with Gasteiger partial charge in [-0.15, -0.1) is 11.3 Å². The third kappa shape index (κ3) is 3.96. The third-order valence-electron chi connectivity index (χ3n) is 7.57. The van der Waals surface area contributed by atoms with Crippen molar-refractivity contribution in [3.63, 3.8) is 0 Å². The number of rotatable bonds is 4. The minimum absolute atomic E-state index is 0.112. The number of hydrogen-bond donors (Lipinski definition) is 0. The Morgan fingerprint density at radius 1 is 0.568 bits per heavy atom. The van der Waals surface area contributed by atoms with Gasteiger partial charge in [0.05, 0.1) is 38.9 Å². The molecule has 6 aromatic carbocycles. The zero-order chi connectivity index (χ0) is 39.5. The van der Waals surface area contributed by atoms with E-state index in [0.29, 0.717) is 17.1 Å². The summed E-state index contributed by atoms with van der Waals surface area (Å²) in [6.07, 6.45) is 0. The number of nitrogens with zero attached hydrogens (tertiary/aromatic N) is 3. The van der Waals surface area contributed by atoms with Gasteiger partial charge in [0.2, 0.25) is 0 Å². The van der Waals surface area contributed by atoms with Crippen LogP contribution < -0.4 is 0 Å². The van der Waals surface area contributed by atoms with E-state index in [4.69, 9.17) is 22.3 Å². The van der Waals surface area contributed by atoms with E-state index in [9.17, 15) is 4.11 Å². The molecule has 0 saturated heterocycles. The van der Waals surface area contributed by atoms with Crippen molar-refractivity contribution >= 4 is 53.3 Å². The SMILES string of the molecule is [2H]c1c([2H])c([2H])c(-n2c3c([2H])c([2H])c([2H])c([2H])c3c3c([2H])c(-c4cc(-c5ccccc5)nc(-c5cccc6c5sc5ccccc56)n4)c([2H])c([2H])c32)c([2H])c1[2H]. The highest BCUT2D eigenvalue weighted by Gasteiger charge is 2.17. The molecule has 0 fully saturated rings. The maximum atomic E-state index is 9.72. The molecule has 0 bridgehead atoms. The van der Waals surface area contributed by atoms with Gasteiger partial charge in [-0.3, -0.25) is 0 Å². The van der Waals surface area contributed by atoms with Gasteiger partial charge in [0.1, 0.15) is 0 Å². The zero-order valence-corrected chi connectivity index (χ0v) is 23.6. The first-order valence-electron chi connectivity index (χ1n) is 19.8. The maximum Gasteiger partial charge on any atom is 0.161 e. The van der Waals surface area contributed by atoms with Crippen molar-refractivity contribution in [2.45, 2.75) is 0 Å². The summed E-state index contributed by atoms with van der Waals surface area (Å²) in [5, 5.41) is 1.71. The van der Waals surface area contributed by atoms with E-state index in [2.05, 4.69) is 0 Å². The largest absolute Gasteiger partial charge is 0.309 e. The van der Waals surface area contributed by atoms with Gasteiger partial charge in [-0.2, -0.15) is 0 Å². The first-order chi connectivity index (χ1) is 26.8. The molecule has 0 unspecified atom stereocenters. The number of fused-ring (bicyclic) bond motifs is 6. The summed E-state index contributed by atoms with van der Waals surface area (Å²) in [4.78, 5) is 9.93. The van der Waals surface area contributed by atoms with E-state index >= 15 is 0 Å². The Labute approximate surface area is 275 Å². The second kappa shape index (κ2) is 10.0. The highest BCUT2D eigenvalue weighted by atomic mass is 32.1. The lowest BCUT2D eigenvalue weighted by molar-refractivity contribution is 1.18. The second-order valence-electron chi connectivity index (χ2n) is 10.1. The predicted octanol–water partition coefficient (Wildman–Crippen LogP) is 10.9. The summed E-state index contributed by atoms with van der Waals surface area (Å²) in [5.74, 6) is 0.299. The van der Waals surface area contributed by atoms with Crippen LogP contribution in [0, 0.1) is 0 Å². The lowest BCUT2D eigenvalue weighted by atomic mass is 10.0. The average molecular weight is 592 g/mol. The lowest BCUT2D eigenvalue weighted by Crippen LogP contribution is -1.96. The van der Waals surface area contributed by atoms with E-state index < -0.39 is 78.2 Å². The standard InChI is InChI=1S/C40H25N3S/c1-3-12-26(13-4-1)34-25-35(42-40(41-34)32-19-11-18-31-30-17-8-10-21-38(30)44-39(31)32)27-22-23-37-33(24-27)29-16-7-9-20-36(29)43(37)28-14-5-2-6-15-28/h1-25H/i2D,5D,6D,7D,9D,14D,15D,16D,20D,22D,23D,24D. The fourth-order valence-electron chi connectivity index (χ4n) is 5.60. The van der Waals surface area contributed by atoms with Crippen LogP contribution in [0.15, 0.2) is 151 Å². The van der Waals surface area contributed by atoms with Crippen molar-refractivity contribution in [2.75, 3.05) is 0 Å². The quantitative estimate of drug-likeness (QED) is 0.204. The Kier molecular flexibility index (Phi) is 3.59. The number of aromatic nitrogens is 3. The fourth-order valence-corrected chi connectivity index (χ4v) is 6.81. The number of para-hydroxylation sites is 2. The molecule has 0 spiro atoms. The molecule has 0 aliphatic heterocycles. The van der Waals surface area contributed by atoms with E-state index in [1.807, 2.05) is 72.8 Å². The molecule has 9 aromatic rings. The number of thiophene rings is 1. The first-order valence-corrected chi connectivity index (χ1v) is 14.6. The second-order valence-corrected chi connectivity index (χ2v) is 11.2. The van der Waals surface area contributed by atoms with Crippen molar-refractivity contribution in [1.82, 2.24) is 14.5 Å². The molecule has 4 heteroatoms. The van der Waals surface area contributed by atoms with Crippen molar-refractivity contribution in [3.05, 3.63) is 151 Å². The summed E-state index contributed by atoms with van der Waals surface area (Å²) in [6.45, 7) is 0. The molecule has 0 N–H and O–H groups in total. The molecule has 9 rings (SSSR count). The van der Waals surface area contributed by atoms with Crippen LogP contribution in [0.3, 0.4) is 0 Å². The average Bonchev–Trinajstić information content (AvgIpc) is 3.77. The molecule has 0 aliphatic rings. The summed E-state index contributed by atoms with van der Waals surface area (Å²) >= 11 is 1.58. The fraction of sp³-hybridized carbons (Fsp3) is 0. The van der Waals surface area contributed by atoms with Gasteiger partial charge < -0.3 is 4.57 Å². The van der Waals surface area contributed by atoms with E-state index in [1.165, 1.54) is 0 Å². The Balaban J connectivity index is 1.43. The Morgan fingerprint density at radius 2 is 1.30 bits per heavy atom. The number of benzene rings is 6. The molecule has 0 radical (unpaired) electrons. The lowest BCUT2D eigenvalue weighted by Gasteiger charge is -2.11. The Morgan fingerprint density at radius 3 is 2.18 bits per heavy atom. The van der Waals surface area contributed by atoms with Crippen LogP contribution in [-0.4, -0.2) is 14.5 Å². The predicted molar refractivity (Wildman–Crippen MR) is 186 cm³/mol. The van der Waals surface area contributed by atoms with Crippen molar-refractivity contribution in [3.8, 4) is 39.6 Å². The van der Waals surface area contributed by atoms with Gasteiger partial charge in [0.15, 0.2) is 5.82 Å². The van der Waals surface area contributed by atoms with E-state index in [0.717, 1.165) is 30.3 Å². The molecule has 3 nitrogen and oxygen atoms in total. The number of hydrogen-bond acceptors (Lipinski definition) is 3. The highest BCUT2D eigenvalue weighted by molar-refractivity contribution is 7.26. The molecule has 0 aliphatic carbocycles. The topological polar surface area (TPSA) is 30.7 Å². The smallest absolute Gasteiger partial charge is 0.161 e. The van der Waals surface area contributed by atoms with Gasteiger partial charge in [-0.1, -0.05) is 103 Å². The van der Waals surface area contributed by atoms with Crippen LogP contribution in [-0.2, 0) is 0 Å². The van der Waals surface area contributed by atoms with Crippen LogP contribution >= 0.6 is 11.3 Å². The molecule has 44 heavy (non-hydrogen) atoms. The molecule has 0 atom stereocenters. The van der Waals surface area contributed by atoms with Gasteiger partial charge in [-0.05, 0) is 48.4 Å². The molecular weight excluding hydrogens is 555 g/mol. The maximum absolute atomic E-state index is 9.72. The third-order valence-corrected chi connectivity index (χ3v) is 8.78. The van der Waals surface area contributed by atoms with Gasteiger partial charge in [0.25, 0.3) is 0 Å². The minimum atomic E-state index is -0.701. The van der Waals surface area contributed by atoms with E-state index in [-0.39, 0.29) is 33.1 Å². The molecule has 0 amide bonds. The van der Waals surface area contributed by atoms with Gasteiger partial charge >= 0.3 is 0 Å². The summed E-state index contributed by atoms with van der Waals surface area (Å²) in [6, 6.07) is 17.4. The molecule has 0 saturated carbocycles. The Bertz CT molecular complexity index is 3150. The summed E-state index contributed by atoms with van der Waals surface area (Å²) < 4.78 is 109. The van der Waals surface area contributed by atoms with Crippen molar-refractivity contribution in [1.29, 1.82) is 0 Å². The van der Waals surface area contributed by atoms with Crippen LogP contribution in [0.1, 0.15) is 16.4 Å². The van der Waals surface area contributed by atoms with Gasteiger partial charge in [0, 0.05) is 53.3 Å². The first kappa shape index (κ1) is 15.8. The zero-order valence-electron chi connectivity index (χ0n) is 34.8. The van der Waals surface area contributed by atoms with Crippen LogP contribution in [0.2, 0.25) is 0 Å². The van der Waals surface area contributed by atoms with Crippen LogP contribution in [0.5, 0.6) is 0 Å². The molecular formula is C40H25N3S. The molecule has 3 heterocycles. The minimum Gasteiger partial charge on any atom is -0.309 e. The van der Waals surface area contributed by atoms with Crippen molar-refractivity contribution in [2.24, 2.45) is 0 Å². The molecule has 3 aromatic heterocycles. The highest BCUT2D eigenvalue weighted by Crippen LogP contribution is 2.40. The van der Waals surface area contributed by atoms with Crippen LogP contribution in [0.25, 0.3) is 81.6 Å². The normalized spacial score (nSPS) is 15.5. The van der Waals surface area contributed by atoms with E-state index in [1.54, 1.807) is 17.4 Å².